The van der Waals surface area contributed by atoms with Crippen molar-refractivity contribution in [2.75, 3.05) is 38.2 Å². The van der Waals surface area contributed by atoms with Crippen LogP contribution in [0, 0.1) is 11.6 Å². The fraction of sp³-hybridized carbons (Fsp3) is 0.355. The molecule has 1 unspecified atom stereocenters. The van der Waals surface area contributed by atoms with Crippen LogP contribution in [0.15, 0.2) is 49.3 Å². The number of amides is 1. The van der Waals surface area contributed by atoms with E-state index in [0.29, 0.717) is 47.7 Å². The van der Waals surface area contributed by atoms with Crippen molar-refractivity contribution in [3.8, 4) is 17.1 Å². The van der Waals surface area contributed by atoms with Crippen LogP contribution in [0.3, 0.4) is 0 Å². The van der Waals surface area contributed by atoms with Crippen LogP contribution in [0.4, 0.5) is 14.6 Å². The molecule has 7 rings (SSSR count). The molecule has 3 aliphatic rings. The number of halogens is 3. The number of benzene rings is 2. The number of carbonyl (C=O) groups is 1. The lowest BCUT2D eigenvalue weighted by molar-refractivity contribution is -0.127. The van der Waals surface area contributed by atoms with Gasteiger partial charge in [-0.1, -0.05) is 30.3 Å². The van der Waals surface area contributed by atoms with E-state index in [0.717, 1.165) is 19.4 Å². The van der Waals surface area contributed by atoms with Gasteiger partial charge in [0.05, 0.1) is 17.6 Å². The topological polar surface area (TPSA) is 74.7 Å². The molecule has 0 N–H and O–H groups in total. The highest BCUT2D eigenvalue weighted by Gasteiger charge is 2.49. The van der Waals surface area contributed by atoms with Crippen LogP contribution in [0.5, 0.6) is 6.01 Å². The highest BCUT2D eigenvalue weighted by atomic mass is 35.5. The maximum Gasteiger partial charge on any atom is 0.319 e. The summed E-state index contributed by atoms with van der Waals surface area (Å²) in [4.78, 5) is 31.8. The van der Waals surface area contributed by atoms with Gasteiger partial charge in [-0.2, -0.15) is 9.97 Å². The van der Waals surface area contributed by atoms with Crippen molar-refractivity contribution in [1.29, 1.82) is 0 Å². The van der Waals surface area contributed by atoms with Gasteiger partial charge in [-0.25, -0.2) is 8.78 Å². The number of hydrogen-bond donors (Lipinski definition) is 0. The summed E-state index contributed by atoms with van der Waals surface area (Å²) in [5.41, 5.74) is -0.0655. The average Bonchev–Trinajstić information content (AvgIpc) is 3.54. The lowest BCUT2D eigenvalue weighted by Crippen LogP contribution is -2.63. The second-order valence-corrected chi connectivity index (χ2v) is 11.6. The summed E-state index contributed by atoms with van der Waals surface area (Å²) in [6.45, 7) is 6.01. The predicted molar refractivity (Wildman–Crippen MR) is 158 cm³/mol. The summed E-state index contributed by atoms with van der Waals surface area (Å²) in [5, 5.41) is 1.78. The number of carbonyl (C=O) groups excluding carboxylic acids is 1. The number of rotatable bonds is 6. The maximum absolute atomic E-state index is 16.6. The summed E-state index contributed by atoms with van der Waals surface area (Å²) in [6, 6.07) is 6.70. The van der Waals surface area contributed by atoms with Gasteiger partial charge in [0, 0.05) is 58.3 Å². The Labute approximate surface area is 246 Å². The van der Waals surface area contributed by atoms with Crippen molar-refractivity contribution in [1.82, 2.24) is 24.8 Å². The van der Waals surface area contributed by atoms with E-state index in [9.17, 15) is 4.79 Å². The largest absolute Gasteiger partial charge is 0.462 e. The first-order valence-electron chi connectivity index (χ1n) is 14.1. The fourth-order valence-corrected chi connectivity index (χ4v) is 6.97. The van der Waals surface area contributed by atoms with Crippen molar-refractivity contribution in [2.24, 2.45) is 0 Å². The third-order valence-corrected chi connectivity index (χ3v) is 9.26. The summed E-state index contributed by atoms with van der Waals surface area (Å²) in [7, 11) is 2.04. The smallest absolute Gasteiger partial charge is 0.319 e. The average molecular weight is 591 g/mol. The number of likely N-dealkylation sites (tertiary alicyclic amines) is 2. The monoisotopic (exact) mass is 590 g/mol. The minimum absolute atomic E-state index is 0.0186. The van der Waals surface area contributed by atoms with Crippen molar-refractivity contribution < 1.29 is 18.3 Å². The van der Waals surface area contributed by atoms with Gasteiger partial charge in [0.15, 0.2) is 5.82 Å². The lowest BCUT2D eigenvalue weighted by Gasteiger charge is -2.47. The van der Waals surface area contributed by atoms with Crippen LogP contribution in [-0.4, -0.2) is 82.1 Å². The molecule has 3 atom stereocenters. The van der Waals surface area contributed by atoms with Crippen LogP contribution >= 0.6 is 11.6 Å². The Balaban J connectivity index is 1.36. The van der Waals surface area contributed by atoms with Crippen LogP contribution < -0.4 is 9.64 Å². The number of aromatic nitrogens is 3. The van der Waals surface area contributed by atoms with Gasteiger partial charge in [-0.3, -0.25) is 9.78 Å². The first-order valence-corrected chi connectivity index (χ1v) is 14.5. The molecular formula is C31H29ClF2N6O2. The Morgan fingerprint density at radius 3 is 2.83 bits per heavy atom. The maximum atomic E-state index is 16.6. The van der Waals surface area contributed by atoms with Crippen molar-refractivity contribution in [2.45, 2.75) is 37.4 Å². The number of fused-ring (bicyclic) bond motifs is 3. The van der Waals surface area contributed by atoms with Gasteiger partial charge < -0.3 is 19.4 Å². The van der Waals surface area contributed by atoms with Gasteiger partial charge in [-0.05, 0) is 51.1 Å². The van der Waals surface area contributed by atoms with Crippen LogP contribution in [0.25, 0.3) is 32.8 Å². The van der Waals surface area contributed by atoms with Crippen LogP contribution in [0.1, 0.15) is 19.3 Å². The molecule has 216 valence electrons. The molecule has 42 heavy (non-hydrogen) atoms. The van der Waals surface area contributed by atoms with Gasteiger partial charge >= 0.3 is 6.01 Å². The minimum Gasteiger partial charge on any atom is -0.462 e. The number of anilines is 1. The zero-order valence-corrected chi connectivity index (χ0v) is 23.8. The highest BCUT2D eigenvalue weighted by molar-refractivity contribution is 6.36. The SMILES string of the molecule is C=CC(=O)N1CCC2[C@H]1CN2c1nc(OC[C@@H]2CCCN2C)nc2c(F)c(-c3cncc4cccc(Cl)c34)c(F)cc12. The van der Waals surface area contributed by atoms with Gasteiger partial charge in [-0.15, -0.1) is 0 Å². The first-order chi connectivity index (χ1) is 20.4. The Kier molecular flexibility index (Phi) is 6.70. The van der Waals surface area contributed by atoms with E-state index in [4.69, 9.17) is 21.3 Å². The second kappa shape index (κ2) is 10.4. The van der Waals surface area contributed by atoms with E-state index in [1.54, 1.807) is 29.3 Å². The molecule has 3 aliphatic heterocycles. The third kappa shape index (κ3) is 4.27. The van der Waals surface area contributed by atoms with Gasteiger partial charge in [0.25, 0.3) is 0 Å². The molecule has 0 bridgehead atoms. The number of hydrogen-bond acceptors (Lipinski definition) is 7. The Morgan fingerprint density at radius 1 is 1.19 bits per heavy atom. The summed E-state index contributed by atoms with van der Waals surface area (Å²) >= 11 is 6.50. The van der Waals surface area contributed by atoms with Crippen molar-refractivity contribution in [3.63, 3.8) is 0 Å². The Bertz CT molecular complexity index is 1750. The molecule has 0 spiro atoms. The standard InChI is InChI=1S/C31H29ClF2N6O2/c1-3-25(41)39-11-9-23-24(39)15-40(23)30-19-12-22(33)27(20-14-35-13-17-6-4-8-21(32)26(17)20)28(34)29(19)36-31(37-30)42-16-18-7-5-10-38(18)2/h3-4,6,8,12-14,18,23-24H,1,5,7,9-11,15-16H2,2H3/t18-,23?,24+/m0/s1. The van der Waals surface area contributed by atoms with Crippen LogP contribution in [-0.2, 0) is 4.79 Å². The number of nitrogens with zero attached hydrogens (tertiary/aromatic N) is 6. The molecule has 11 heteroatoms. The van der Waals surface area contributed by atoms with E-state index in [-0.39, 0.29) is 52.1 Å². The van der Waals surface area contributed by atoms with E-state index in [2.05, 4.69) is 21.4 Å². The third-order valence-electron chi connectivity index (χ3n) is 8.94. The van der Waals surface area contributed by atoms with E-state index in [1.165, 1.54) is 18.3 Å². The Morgan fingerprint density at radius 2 is 2.05 bits per heavy atom. The summed E-state index contributed by atoms with van der Waals surface area (Å²) in [5.74, 6) is -1.34. The quantitative estimate of drug-likeness (QED) is 0.285. The number of likely N-dealkylation sites (N-methyl/N-ethyl adjacent to an activating group) is 1. The molecule has 2 aromatic carbocycles. The molecule has 5 heterocycles. The minimum atomic E-state index is -0.835. The summed E-state index contributed by atoms with van der Waals surface area (Å²) in [6.07, 6.45) is 7.11. The molecule has 4 aromatic rings. The van der Waals surface area contributed by atoms with Crippen molar-refractivity contribution in [3.05, 3.63) is 66.0 Å². The predicted octanol–water partition coefficient (Wildman–Crippen LogP) is 5.23. The van der Waals surface area contributed by atoms with Crippen LogP contribution in [0.2, 0.25) is 5.02 Å². The normalized spacial score (nSPS) is 22.0. The first kappa shape index (κ1) is 27.0. The molecule has 8 nitrogen and oxygen atoms in total. The molecule has 1 amide bonds. The molecule has 0 aliphatic carbocycles. The molecular weight excluding hydrogens is 562 g/mol. The molecule has 3 saturated heterocycles. The van der Waals surface area contributed by atoms with E-state index < -0.39 is 11.6 Å². The number of ether oxygens (including phenoxy) is 1. The lowest BCUT2D eigenvalue weighted by atomic mass is 9.95. The highest BCUT2D eigenvalue weighted by Crippen LogP contribution is 2.43. The summed E-state index contributed by atoms with van der Waals surface area (Å²) < 4.78 is 38.6. The Hall–Kier alpha value is -3.89. The zero-order valence-electron chi connectivity index (χ0n) is 23.1. The molecule has 3 fully saturated rings. The van der Waals surface area contributed by atoms with Gasteiger partial charge in [0.2, 0.25) is 5.91 Å². The molecule has 0 radical (unpaired) electrons. The second-order valence-electron chi connectivity index (χ2n) is 11.2. The number of pyridine rings is 1. The molecule has 0 saturated carbocycles. The van der Waals surface area contributed by atoms with Gasteiger partial charge in [0.1, 0.15) is 23.8 Å². The van der Waals surface area contributed by atoms with E-state index in [1.807, 2.05) is 11.9 Å². The van der Waals surface area contributed by atoms with Crippen molar-refractivity contribution >= 4 is 45.0 Å². The fourth-order valence-electron chi connectivity index (χ4n) is 6.68. The zero-order chi connectivity index (χ0) is 29.1. The molecule has 2 aromatic heterocycles. The van der Waals surface area contributed by atoms with E-state index >= 15 is 8.78 Å².